The van der Waals surface area contributed by atoms with Gasteiger partial charge in [0.05, 0.1) is 0 Å². The maximum Gasteiger partial charge on any atom is 0.0343 e. The van der Waals surface area contributed by atoms with E-state index in [9.17, 15) is 0 Å². The van der Waals surface area contributed by atoms with Gasteiger partial charge < -0.3 is 5.73 Å². The molecule has 0 aliphatic heterocycles. The van der Waals surface area contributed by atoms with Crippen molar-refractivity contribution in [1.29, 1.82) is 0 Å². The molecule has 48 valence electrons. The second-order valence-electron chi connectivity index (χ2n) is 2.05. The summed E-state index contributed by atoms with van der Waals surface area (Å²) < 4.78 is 0. The van der Waals surface area contributed by atoms with E-state index >= 15 is 0 Å². The van der Waals surface area contributed by atoms with Crippen molar-refractivity contribution in [1.82, 2.24) is 0 Å². The summed E-state index contributed by atoms with van der Waals surface area (Å²) in [5.41, 5.74) is 7.89. The lowest BCUT2D eigenvalue weighted by Gasteiger charge is -1.98. The van der Waals surface area contributed by atoms with Gasteiger partial charge in [-0.2, -0.15) is 0 Å². The summed E-state index contributed by atoms with van der Waals surface area (Å²) in [4.78, 5) is 0. The summed E-state index contributed by atoms with van der Waals surface area (Å²) in [5, 5.41) is 0. The average molecular weight is 137 g/mol. The number of anilines is 1. The Hall–Kier alpha value is -0.763. The Kier molecular flexibility index (Phi) is 1.90. The van der Waals surface area contributed by atoms with Gasteiger partial charge in [0, 0.05) is 15.9 Å². The highest BCUT2D eigenvalue weighted by atomic mass is 28.1. The molecule has 0 aliphatic rings. The zero-order valence-corrected chi connectivity index (χ0v) is 7.59. The van der Waals surface area contributed by atoms with Crippen LogP contribution in [0.2, 0.25) is 0 Å². The molecule has 0 amide bonds. The topological polar surface area (TPSA) is 26.0 Å². The van der Waals surface area contributed by atoms with Crippen LogP contribution in [-0.2, 0) is 6.04 Å². The molecule has 0 bridgehead atoms. The third kappa shape index (κ3) is 1.33. The van der Waals surface area contributed by atoms with Gasteiger partial charge in [-0.1, -0.05) is 18.2 Å². The average Bonchev–Trinajstić information content (AvgIpc) is 1.89. The Morgan fingerprint density at radius 1 is 1.33 bits per heavy atom. The molecular weight excluding hydrogens is 126 g/mol. The van der Waals surface area contributed by atoms with E-state index in [1.54, 1.807) is 0 Å². The molecule has 0 aliphatic carbocycles. The Labute approximate surface area is 58.3 Å². The van der Waals surface area contributed by atoms with Gasteiger partial charge in [-0.3, -0.25) is 0 Å². The van der Waals surface area contributed by atoms with Crippen LogP contribution in [0.5, 0.6) is 0 Å². The molecule has 1 aromatic carbocycles. The summed E-state index contributed by atoms with van der Waals surface area (Å²) in [7, 11) is 1.20. The minimum atomic E-state index is 0.938. The fourth-order valence-electron chi connectivity index (χ4n) is 0.856. The lowest BCUT2D eigenvalue weighted by Crippen LogP contribution is -1.92. The zero-order chi connectivity index (χ0) is 6.69. The van der Waals surface area contributed by atoms with Gasteiger partial charge in [0.15, 0.2) is 0 Å². The van der Waals surface area contributed by atoms with Crippen molar-refractivity contribution in [2.24, 2.45) is 0 Å². The van der Waals surface area contributed by atoms with E-state index in [1.807, 2.05) is 18.2 Å². The number of rotatable bonds is 1. The standard InChI is InChI=1S/C7H11NSi/c8-7-4-2-1-3-6(7)5-9/h1-4H,5,8H2,9H3. The normalized spacial score (nSPS) is 9.78. The maximum absolute atomic E-state index is 5.65. The zero-order valence-electron chi connectivity index (χ0n) is 5.59. The molecule has 1 rings (SSSR count). The van der Waals surface area contributed by atoms with E-state index in [2.05, 4.69) is 6.07 Å². The summed E-state index contributed by atoms with van der Waals surface area (Å²) in [5.74, 6) is 0. The molecule has 0 fully saturated rings. The van der Waals surface area contributed by atoms with E-state index in [0.717, 1.165) is 11.7 Å². The Bertz CT molecular complexity index is 198. The predicted molar refractivity (Wildman–Crippen MR) is 44.5 cm³/mol. The van der Waals surface area contributed by atoms with Gasteiger partial charge in [0.2, 0.25) is 0 Å². The van der Waals surface area contributed by atoms with Crippen LogP contribution < -0.4 is 5.73 Å². The first-order valence-corrected chi connectivity index (χ1v) is 4.59. The Morgan fingerprint density at radius 3 is 2.44 bits per heavy atom. The largest absolute Gasteiger partial charge is 0.399 e. The van der Waals surface area contributed by atoms with Gasteiger partial charge >= 0.3 is 0 Å². The smallest absolute Gasteiger partial charge is 0.0343 e. The summed E-state index contributed by atoms with van der Waals surface area (Å²) in [6, 6.07) is 9.20. The molecule has 2 N–H and O–H groups in total. The second-order valence-corrected chi connectivity index (χ2v) is 2.76. The third-order valence-corrected chi connectivity index (χ3v) is 2.20. The van der Waals surface area contributed by atoms with Gasteiger partial charge in [-0.25, -0.2) is 0 Å². The minimum absolute atomic E-state index is 0.938. The van der Waals surface area contributed by atoms with Crippen LogP contribution >= 0.6 is 0 Å². The number of hydrogen-bond donors (Lipinski definition) is 1. The minimum Gasteiger partial charge on any atom is -0.399 e. The van der Waals surface area contributed by atoms with Crippen molar-refractivity contribution in [3.05, 3.63) is 29.8 Å². The highest BCUT2D eigenvalue weighted by molar-refractivity contribution is 6.08. The highest BCUT2D eigenvalue weighted by Gasteiger charge is 1.90. The lowest BCUT2D eigenvalue weighted by molar-refractivity contribution is 1.40. The first-order valence-electron chi connectivity index (χ1n) is 3.18. The molecule has 1 nitrogen and oxygen atoms in total. The van der Waals surface area contributed by atoms with Gasteiger partial charge in [-0.05, 0) is 17.7 Å². The molecule has 0 atom stereocenters. The monoisotopic (exact) mass is 137 g/mol. The van der Waals surface area contributed by atoms with Crippen LogP contribution in [0.4, 0.5) is 5.69 Å². The number of benzene rings is 1. The molecule has 0 spiro atoms. The molecule has 0 saturated carbocycles. The summed E-state index contributed by atoms with van der Waals surface area (Å²) in [6.45, 7) is 0. The molecule has 1 aromatic rings. The van der Waals surface area contributed by atoms with Crippen molar-refractivity contribution in [2.45, 2.75) is 6.04 Å². The van der Waals surface area contributed by atoms with Crippen molar-refractivity contribution < 1.29 is 0 Å². The quantitative estimate of drug-likeness (QED) is 0.432. The SMILES string of the molecule is Nc1ccccc1C[SiH3]. The van der Waals surface area contributed by atoms with Gasteiger partial charge in [0.25, 0.3) is 0 Å². The van der Waals surface area contributed by atoms with Crippen molar-refractivity contribution >= 4 is 15.9 Å². The third-order valence-electron chi connectivity index (χ3n) is 1.44. The molecule has 0 unspecified atom stereocenters. The van der Waals surface area contributed by atoms with Crippen LogP contribution in [-0.4, -0.2) is 10.2 Å². The molecule has 0 aromatic heterocycles. The van der Waals surface area contributed by atoms with Gasteiger partial charge in [-0.15, -0.1) is 0 Å². The maximum atomic E-state index is 5.65. The number of hydrogen-bond acceptors (Lipinski definition) is 1. The number of para-hydroxylation sites is 1. The van der Waals surface area contributed by atoms with Crippen molar-refractivity contribution in [3.63, 3.8) is 0 Å². The van der Waals surface area contributed by atoms with Crippen LogP contribution in [0.1, 0.15) is 5.56 Å². The first-order chi connectivity index (χ1) is 4.34. The molecule has 0 radical (unpaired) electrons. The summed E-state index contributed by atoms with van der Waals surface area (Å²) >= 11 is 0. The van der Waals surface area contributed by atoms with Gasteiger partial charge in [0.1, 0.15) is 0 Å². The summed E-state index contributed by atoms with van der Waals surface area (Å²) in [6.07, 6.45) is 0. The van der Waals surface area contributed by atoms with E-state index in [-0.39, 0.29) is 0 Å². The highest BCUT2D eigenvalue weighted by Crippen LogP contribution is 2.08. The fraction of sp³-hybridized carbons (Fsp3) is 0.143. The lowest BCUT2D eigenvalue weighted by atomic mass is 10.2. The van der Waals surface area contributed by atoms with E-state index in [4.69, 9.17) is 5.73 Å². The van der Waals surface area contributed by atoms with Crippen molar-refractivity contribution in [2.75, 3.05) is 5.73 Å². The number of nitrogen functional groups attached to an aromatic ring is 1. The molecule has 0 saturated heterocycles. The van der Waals surface area contributed by atoms with E-state index in [1.165, 1.54) is 15.8 Å². The number of nitrogens with two attached hydrogens (primary N) is 1. The van der Waals surface area contributed by atoms with E-state index < -0.39 is 0 Å². The molecule has 2 heteroatoms. The predicted octanol–water partition coefficient (Wildman–Crippen LogP) is 0.134. The Balaban J connectivity index is 3.01. The van der Waals surface area contributed by atoms with Crippen LogP contribution in [0.15, 0.2) is 24.3 Å². The second kappa shape index (κ2) is 2.69. The molecule has 9 heavy (non-hydrogen) atoms. The molecular formula is C7H11NSi. The molecule has 0 heterocycles. The first kappa shape index (κ1) is 6.36. The fourth-order valence-corrected chi connectivity index (χ4v) is 1.50. The van der Waals surface area contributed by atoms with Crippen LogP contribution in [0.3, 0.4) is 0 Å². The van der Waals surface area contributed by atoms with Crippen LogP contribution in [0, 0.1) is 0 Å². The van der Waals surface area contributed by atoms with Crippen LogP contribution in [0.25, 0.3) is 0 Å². The Morgan fingerprint density at radius 2 is 2.00 bits per heavy atom. The van der Waals surface area contributed by atoms with Crippen molar-refractivity contribution in [3.8, 4) is 0 Å². The van der Waals surface area contributed by atoms with E-state index in [0.29, 0.717) is 0 Å².